The van der Waals surface area contributed by atoms with Crippen molar-refractivity contribution in [1.82, 2.24) is 10.6 Å². The molecule has 1 aliphatic rings. The Morgan fingerprint density at radius 2 is 2.20 bits per heavy atom. The molecule has 0 aromatic heterocycles. The molecule has 1 unspecified atom stereocenters. The van der Waals surface area contributed by atoms with Crippen LogP contribution in [0.4, 0.5) is 0 Å². The highest BCUT2D eigenvalue weighted by molar-refractivity contribution is 7.99. The van der Waals surface area contributed by atoms with E-state index in [0.29, 0.717) is 6.10 Å². The zero-order valence-corrected chi connectivity index (χ0v) is 12.8. The van der Waals surface area contributed by atoms with Gasteiger partial charge in [0.15, 0.2) is 5.96 Å². The fraction of sp³-hybridized carbons (Fsp3) is 0.533. The molecular formula is C15H23N3OS. The van der Waals surface area contributed by atoms with Crippen molar-refractivity contribution in [1.29, 1.82) is 0 Å². The van der Waals surface area contributed by atoms with Crippen LogP contribution in [0.15, 0.2) is 40.2 Å². The van der Waals surface area contributed by atoms with Crippen LogP contribution in [0, 0.1) is 0 Å². The normalized spacial score (nSPS) is 19.1. The number of thioether (sulfide) groups is 1. The maximum Gasteiger partial charge on any atom is 0.191 e. The van der Waals surface area contributed by atoms with E-state index in [9.17, 15) is 0 Å². The van der Waals surface area contributed by atoms with E-state index in [2.05, 4.69) is 39.9 Å². The van der Waals surface area contributed by atoms with Crippen LogP contribution in [-0.4, -0.2) is 44.6 Å². The molecule has 0 spiro atoms. The highest BCUT2D eigenvalue weighted by Gasteiger charge is 2.15. The third kappa shape index (κ3) is 5.43. The van der Waals surface area contributed by atoms with Gasteiger partial charge in [0.1, 0.15) is 0 Å². The van der Waals surface area contributed by atoms with Crippen LogP contribution in [0.5, 0.6) is 0 Å². The average Bonchev–Trinajstić information content (AvgIpc) is 3.01. The van der Waals surface area contributed by atoms with E-state index in [-0.39, 0.29) is 0 Å². The summed E-state index contributed by atoms with van der Waals surface area (Å²) in [6, 6.07) is 10.4. The van der Waals surface area contributed by atoms with Crippen LogP contribution in [0.2, 0.25) is 0 Å². The van der Waals surface area contributed by atoms with Crippen molar-refractivity contribution in [2.24, 2.45) is 4.99 Å². The zero-order valence-electron chi connectivity index (χ0n) is 12.0. The van der Waals surface area contributed by atoms with Crippen molar-refractivity contribution in [2.45, 2.75) is 23.8 Å². The van der Waals surface area contributed by atoms with E-state index in [0.717, 1.165) is 37.8 Å². The van der Waals surface area contributed by atoms with Crippen molar-refractivity contribution < 1.29 is 4.74 Å². The molecule has 20 heavy (non-hydrogen) atoms. The van der Waals surface area contributed by atoms with E-state index < -0.39 is 0 Å². The number of guanidine groups is 1. The minimum Gasteiger partial charge on any atom is -0.376 e. The van der Waals surface area contributed by atoms with Crippen LogP contribution in [0.3, 0.4) is 0 Å². The molecule has 2 rings (SSSR count). The van der Waals surface area contributed by atoms with Crippen LogP contribution < -0.4 is 10.6 Å². The topological polar surface area (TPSA) is 45.7 Å². The Balaban J connectivity index is 1.59. The van der Waals surface area contributed by atoms with E-state index in [1.165, 1.54) is 11.3 Å². The van der Waals surface area contributed by atoms with Gasteiger partial charge in [0.25, 0.3) is 0 Å². The average molecular weight is 293 g/mol. The molecule has 2 N–H and O–H groups in total. The molecule has 0 saturated carbocycles. The Morgan fingerprint density at radius 1 is 1.35 bits per heavy atom. The molecule has 1 fully saturated rings. The van der Waals surface area contributed by atoms with Crippen molar-refractivity contribution in [3.05, 3.63) is 30.3 Å². The second-order valence-electron chi connectivity index (χ2n) is 4.68. The predicted molar refractivity (Wildman–Crippen MR) is 85.5 cm³/mol. The Hall–Kier alpha value is -1.20. The summed E-state index contributed by atoms with van der Waals surface area (Å²) in [5.74, 6) is 1.87. The largest absolute Gasteiger partial charge is 0.376 e. The number of rotatable bonds is 6. The number of nitrogens with one attached hydrogen (secondary N) is 2. The highest BCUT2D eigenvalue weighted by atomic mass is 32.2. The fourth-order valence-electron chi connectivity index (χ4n) is 2.09. The van der Waals surface area contributed by atoms with Crippen LogP contribution in [0.1, 0.15) is 12.8 Å². The number of nitrogens with zero attached hydrogens (tertiary/aromatic N) is 1. The molecule has 5 heteroatoms. The second-order valence-corrected chi connectivity index (χ2v) is 5.84. The van der Waals surface area contributed by atoms with Gasteiger partial charge in [0, 0.05) is 37.4 Å². The minimum atomic E-state index is 0.340. The van der Waals surface area contributed by atoms with Crippen LogP contribution in [-0.2, 0) is 4.74 Å². The Labute approximate surface area is 125 Å². The van der Waals surface area contributed by atoms with E-state index in [1.807, 2.05) is 17.8 Å². The molecule has 0 radical (unpaired) electrons. The van der Waals surface area contributed by atoms with E-state index in [1.54, 1.807) is 7.05 Å². The second kappa shape index (κ2) is 8.87. The molecule has 1 atom stereocenters. The van der Waals surface area contributed by atoms with Gasteiger partial charge in [0.2, 0.25) is 0 Å². The molecule has 4 nitrogen and oxygen atoms in total. The lowest BCUT2D eigenvalue weighted by Crippen LogP contribution is -2.41. The van der Waals surface area contributed by atoms with Crippen LogP contribution in [0.25, 0.3) is 0 Å². The summed E-state index contributed by atoms with van der Waals surface area (Å²) in [6.45, 7) is 2.63. The smallest absolute Gasteiger partial charge is 0.191 e. The molecule has 0 bridgehead atoms. The highest BCUT2D eigenvalue weighted by Crippen LogP contribution is 2.15. The number of benzene rings is 1. The summed E-state index contributed by atoms with van der Waals surface area (Å²) in [5, 5.41) is 6.64. The third-order valence-corrected chi connectivity index (χ3v) is 4.16. The van der Waals surface area contributed by atoms with Crippen molar-refractivity contribution >= 4 is 17.7 Å². The molecule has 110 valence electrons. The minimum absolute atomic E-state index is 0.340. The Morgan fingerprint density at radius 3 is 2.90 bits per heavy atom. The first-order valence-electron chi connectivity index (χ1n) is 7.12. The number of hydrogen-bond donors (Lipinski definition) is 2. The molecule has 1 aliphatic heterocycles. The Kier molecular flexibility index (Phi) is 6.74. The molecule has 1 saturated heterocycles. The van der Waals surface area contributed by atoms with Crippen LogP contribution >= 0.6 is 11.8 Å². The zero-order chi connectivity index (χ0) is 14.0. The van der Waals surface area contributed by atoms with Crippen molar-refractivity contribution in [2.75, 3.05) is 32.5 Å². The van der Waals surface area contributed by atoms with Gasteiger partial charge < -0.3 is 15.4 Å². The van der Waals surface area contributed by atoms with Gasteiger partial charge in [-0.1, -0.05) is 18.2 Å². The molecule has 1 aromatic rings. The first-order chi connectivity index (χ1) is 9.88. The van der Waals surface area contributed by atoms with E-state index in [4.69, 9.17) is 4.74 Å². The number of hydrogen-bond acceptors (Lipinski definition) is 3. The lowest BCUT2D eigenvalue weighted by molar-refractivity contribution is 0.114. The summed E-state index contributed by atoms with van der Waals surface area (Å²) in [4.78, 5) is 5.53. The van der Waals surface area contributed by atoms with Gasteiger partial charge in [-0.05, 0) is 25.0 Å². The fourth-order valence-corrected chi connectivity index (χ4v) is 2.88. The monoisotopic (exact) mass is 293 g/mol. The first kappa shape index (κ1) is 15.2. The molecule has 1 aromatic carbocycles. The van der Waals surface area contributed by atoms with Gasteiger partial charge >= 0.3 is 0 Å². The quantitative estimate of drug-likeness (QED) is 0.365. The number of aliphatic imine (C=N–C) groups is 1. The van der Waals surface area contributed by atoms with Gasteiger partial charge in [0.05, 0.1) is 6.10 Å². The standard InChI is InChI=1S/C15H23N3OS/c1-16-15(18-12-13-6-5-10-19-13)17-9-11-20-14-7-3-2-4-8-14/h2-4,7-8,13H,5-6,9-12H2,1H3,(H2,16,17,18). The van der Waals surface area contributed by atoms with Crippen molar-refractivity contribution in [3.63, 3.8) is 0 Å². The maximum absolute atomic E-state index is 5.58. The molecule has 1 heterocycles. The summed E-state index contributed by atoms with van der Waals surface area (Å²) in [5.41, 5.74) is 0. The third-order valence-electron chi connectivity index (χ3n) is 3.15. The van der Waals surface area contributed by atoms with E-state index >= 15 is 0 Å². The van der Waals surface area contributed by atoms with Gasteiger partial charge in [-0.2, -0.15) is 0 Å². The van der Waals surface area contributed by atoms with Gasteiger partial charge in [-0.3, -0.25) is 4.99 Å². The Bertz CT molecular complexity index is 405. The van der Waals surface area contributed by atoms with Gasteiger partial charge in [-0.15, -0.1) is 11.8 Å². The summed E-state index contributed by atoms with van der Waals surface area (Å²) < 4.78 is 5.58. The summed E-state index contributed by atoms with van der Waals surface area (Å²) in [7, 11) is 1.80. The first-order valence-corrected chi connectivity index (χ1v) is 8.11. The summed E-state index contributed by atoms with van der Waals surface area (Å²) >= 11 is 1.85. The molecular weight excluding hydrogens is 270 g/mol. The number of ether oxygens (including phenoxy) is 1. The maximum atomic E-state index is 5.58. The lowest BCUT2D eigenvalue weighted by Gasteiger charge is -2.14. The van der Waals surface area contributed by atoms with Gasteiger partial charge in [-0.25, -0.2) is 0 Å². The SMILES string of the molecule is CN=C(NCCSc1ccccc1)NCC1CCCO1. The summed E-state index contributed by atoms with van der Waals surface area (Å²) in [6.07, 6.45) is 2.66. The molecule has 0 aliphatic carbocycles. The predicted octanol–water partition coefficient (Wildman–Crippen LogP) is 2.12. The lowest BCUT2D eigenvalue weighted by atomic mass is 10.2. The van der Waals surface area contributed by atoms with Crippen molar-refractivity contribution in [3.8, 4) is 0 Å². The molecule has 0 amide bonds.